The number of likely N-dealkylation sites (tertiary alicyclic amines) is 2. The van der Waals surface area contributed by atoms with Gasteiger partial charge in [0.2, 0.25) is 17.7 Å². The van der Waals surface area contributed by atoms with Gasteiger partial charge in [-0.25, -0.2) is 0 Å². The number of nitrogens with zero attached hydrogens (tertiary/aromatic N) is 2. The zero-order valence-corrected chi connectivity index (χ0v) is 16.3. The number of benzene rings is 1. The Balaban J connectivity index is 1.42. The number of para-hydroxylation sites is 1. The Labute approximate surface area is 165 Å². The van der Waals surface area contributed by atoms with Gasteiger partial charge in [0.15, 0.2) is 0 Å². The minimum absolute atomic E-state index is 0.0139. The van der Waals surface area contributed by atoms with Crippen LogP contribution in [-0.2, 0) is 14.4 Å². The minimum Gasteiger partial charge on any atom is -0.495 e. The predicted molar refractivity (Wildman–Crippen MR) is 104 cm³/mol. The number of carbonyl (C=O) groups excluding carboxylic acids is 3. The summed E-state index contributed by atoms with van der Waals surface area (Å²) in [4.78, 5) is 41.1. The van der Waals surface area contributed by atoms with E-state index in [1.54, 1.807) is 13.2 Å². The average molecular weight is 385 g/mol. The number of hydrogen-bond donors (Lipinski definition) is 1. The number of hydrogen-bond acceptors (Lipinski definition) is 4. The molecule has 3 amide bonds. The third kappa shape index (κ3) is 3.57. The molecule has 3 aliphatic heterocycles. The first-order chi connectivity index (χ1) is 13.6. The van der Waals surface area contributed by atoms with E-state index in [2.05, 4.69) is 5.32 Å². The van der Waals surface area contributed by atoms with Gasteiger partial charge in [0, 0.05) is 39.0 Å². The topological polar surface area (TPSA) is 79.0 Å². The molecule has 1 atom stereocenters. The van der Waals surface area contributed by atoms with Crippen LogP contribution in [0.3, 0.4) is 0 Å². The van der Waals surface area contributed by atoms with E-state index in [1.807, 2.05) is 21.9 Å². The summed E-state index contributed by atoms with van der Waals surface area (Å²) in [5.74, 6) is 0.691. The first-order valence-electron chi connectivity index (χ1n) is 10.1. The van der Waals surface area contributed by atoms with Gasteiger partial charge in [0.1, 0.15) is 5.75 Å². The van der Waals surface area contributed by atoms with E-state index in [-0.39, 0.29) is 24.1 Å². The molecule has 0 aromatic heterocycles. The number of methoxy groups -OCH3 is 1. The lowest BCUT2D eigenvalue weighted by Crippen LogP contribution is -2.44. The van der Waals surface area contributed by atoms with Crippen molar-refractivity contribution in [2.24, 2.45) is 5.92 Å². The summed E-state index contributed by atoms with van der Waals surface area (Å²) >= 11 is 0. The molecule has 3 aliphatic rings. The number of nitrogens with one attached hydrogen (secondary N) is 1. The van der Waals surface area contributed by atoms with Crippen LogP contribution in [0.25, 0.3) is 0 Å². The fraction of sp³-hybridized carbons (Fsp3) is 0.571. The quantitative estimate of drug-likeness (QED) is 0.860. The van der Waals surface area contributed by atoms with Crippen molar-refractivity contribution in [3.05, 3.63) is 23.8 Å². The van der Waals surface area contributed by atoms with Crippen LogP contribution in [0.15, 0.2) is 18.2 Å². The third-order valence-corrected chi connectivity index (χ3v) is 6.18. The molecule has 0 spiro atoms. The van der Waals surface area contributed by atoms with Crippen molar-refractivity contribution in [2.75, 3.05) is 38.6 Å². The van der Waals surface area contributed by atoms with Crippen molar-refractivity contribution in [3.63, 3.8) is 0 Å². The van der Waals surface area contributed by atoms with Crippen LogP contribution in [-0.4, -0.2) is 60.8 Å². The number of rotatable bonds is 4. The fourth-order valence-electron chi connectivity index (χ4n) is 4.61. The van der Waals surface area contributed by atoms with Crippen molar-refractivity contribution < 1.29 is 19.1 Å². The molecule has 1 aromatic carbocycles. The maximum absolute atomic E-state index is 13.2. The second-order valence-electron chi connectivity index (χ2n) is 7.94. The second kappa shape index (κ2) is 7.81. The van der Waals surface area contributed by atoms with E-state index in [1.165, 1.54) is 0 Å². The number of fused-ring (bicyclic) bond motifs is 1. The molecule has 7 nitrogen and oxygen atoms in total. The van der Waals surface area contributed by atoms with E-state index < -0.39 is 5.92 Å². The van der Waals surface area contributed by atoms with Gasteiger partial charge in [-0.05, 0) is 36.8 Å². The molecule has 1 aromatic rings. The number of ether oxygens (including phenoxy) is 1. The Morgan fingerprint density at radius 1 is 1.21 bits per heavy atom. The predicted octanol–water partition coefficient (Wildman–Crippen LogP) is 1.98. The molecule has 150 valence electrons. The zero-order chi connectivity index (χ0) is 19.7. The molecule has 4 rings (SSSR count). The van der Waals surface area contributed by atoms with Crippen molar-refractivity contribution in [3.8, 4) is 5.75 Å². The van der Waals surface area contributed by atoms with Crippen molar-refractivity contribution in [2.45, 2.75) is 38.0 Å². The number of amides is 3. The van der Waals surface area contributed by atoms with Crippen molar-refractivity contribution in [1.82, 2.24) is 9.80 Å². The Morgan fingerprint density at radius 3 is 2.68 bits per heavy atom. The Hall–Kier alpha value is -2.57. The molecule has 2 fully saturated rings. The highest BCUT2D eigenvalue weighted by Crippen LogP contribution is 2.39. The standard InChI is InChI=1S/C21H27N3O4/c1-28-17-5-2-4-15-16(12-18(25)22-20(15)17)21(27)23-10-7-14(8-11-23)13-24-9-3-6-19(24)26/h2,4-5,14,16H,3,6-13H2,1H3,(H,22,25). The van der Waals surface area contributed by atoms with Gasteiger partial charge >= 0.3 is 0 Å². The normalized spacial score (nSPS) is 22.8. The van der Waals surface area contributed by atoms with E-state index in [0.29, 0.717) is 36.9 Å². The number of carbonyl (C=O) groups is 3. The lowest BCUT2D eigenvalue weighted by molar-refractivity contribution is -0.136. The second-order valence-corrected chi connectivity index (χ2v) is 7.94. The summed E-state index contributed by atoms with van der Waals surface area (Å²) in [6.07, 6.45) is 3.60. The van der Waals surface area contributed by atoms with Crippen LogP contribution in [0, 0.1) is 5.92 Å². The zero-order valence-electron chi connectivity index (χ0n) is 16.3. The lowest BCUT2D eigenvalue weighted by atomic mass is 9.87. The van der Waals surface area contributed by atoms with Gasteiger partial charge in [-0.2, -0.15) is 0 Å². The number of anilines is 1. The lowest BCUT2D eigenvalue weighted by Gasteiger charge is -2.36. The first-order valence-corrected chi connectivity index (χ1v) is 10.1. The fourth-order valence-corrected chi connectivity index (χ4v) is 4.61. The van der Waals surface area contributed by atoms with Gasteiger partial charge < -0.3 is 19.9 Å². The molecule has 1 unspecified atom stereocenters. The largest absolute Gasteiger partial charge is 0.495 e. The molecule has 0 saturated carbocycles. The summed E-state index contributed by atoms with van der Waals surface area (Å²) in [5, 5.41) is 2.85. The molecule has 0 bridgehead atoms. The maximum Gasteiger partial charge on any atom is 0.230 e. The molecule has 3 heterocycles. The summed E-state index contributed by atoms with van der Waals surface area (Å²) in [6.45, 7) is 3.05. The molecule has 28 heavy (non-hydrogen) atoms. The van der Waals surface area contributed by atoms with Gasteiger partial charge in [0.25, 0.3) is 0 Å². The number of piperidine rings is 1. The Bertz CT molecular complexity index is 786. The Kier molecular flexibility index (Phi) is 5.24. The minimum atomic E-state index is -0.462. The van der Waals surface area contributed by atoms with Crippen LogP contribution >= 0.6 is 0 Å². The summed E-state index contributed by atoms with van der Waals surface area (Å²) in [5.41, 5.74) is 1.44. The van der Waals surface area contributed by atoms with Crippen LogP contribution in [0.2, 0.25) is 0 Å². The van der Waals surface area contributed by atoms with E-state index in [9.17, 15) is 14.4 Å². The van der Waals surface area contributed by atoms with Crippen LogP contribution in [0.5, 0.6) is 5.75 Å². The molecule has 7 heteroatoms. The van der Waals surface area contributed by atoms with E-state index in [4.69, 9.17) is 4.74 Å². The highest BCUT2D eigenvalue weighted by atomic mass is 16.5. The van der Waals surface area contributed by atoms with Gasteiger partial charge in [-0.3, -0.25) is 14.4 Å². The molecular weight excluding hydrogens is 358 g/mol. The van der Waals surface area contributed by atoms with E-state index in [0.717, 1.165) is 37.9 Å². The molecular formula is C21H27N3O4. The van der Waals surface area contributed by atoms with Gasteiger partial charge in [0.05, 0.1) is 18.7 Å². The highest BCUT2D eigenvalue weighted by molar-refractivity contribution is 6.02. The Morgan fingerprint density at radius 2 is 2.00 bits per heavy atom. The van der Waals surface area contributed by atoms with Crippen molar-refractivity contribution >= 4 is 23.4 Å². The van der Waals surface area contributed by atoms with Crippen molar-refractivity contribution in [1.29, 1.82) is 0 Å². The molecule has 0 radical (unpaired) electrons. The monoisotopic (exact) mass is 385 g/mol. The molecule has 0 aliphatic carbocycles. The highest BCUT2D eigenvalue weighted by Gasteiger charge is 2.36. The summed E-state index contributed by atoms with van der Waals surface area (Å²) in [6, 6.07) is 5.54. The van der Waals surface area contributed by atoms with Gasteiger partial charge in [-0.1, -0.05) is 12.1 Å². The summed E-state index contributed by atoms with van der Waals surface area (Å²) < 4.78 is 5.35. The smallest absolute Gasteiger partial charge is 0.230 e. The van der Waals surface area contributed by atoms with Crippen LogP contribution < -0.4 is 10.1 Å². The van der Waals surface area contributed by atoms with Crippen LogP contribution in [0.1, 0.15) is 43.6 Å². The molecule has 1 N–H and O–H groups in total. The SMILES string of the molecule is COc1cccc2c1NC(=O)CC2C(=O)N1CCC(CN2CCCC2=O)CC1. The molecule has 2 saturated heterocycles. The first kappa shape index (κ1) is 18.8. The summed E-state index contributed by atoms with van der Waals surface area (Å²) in [7, 11) is 1.56. The average Bonchev–Trinajstić information content (AvgIpc) is 3.11. The van der Waals surface area contributed by atoms with Crippen LogP contribution in [0.4, 0.5) is 5.69 Å². The third-order valence-electron chi connectivity index (χ3n) is 6.18. The maximum atomic E-state index is 13.2. The van der Waals surface area contributed by atoms with E-state index >= 15 is 0 Å². The van der Waals surface area contributed by atoms with Gasteiger partial charge in [-0.15, -0.1) is 0 Å².